The molecule has 84 valence electrons. The van der Waals surface area contributed by atoms with Gasteiger partial charge in [-0.15, -0.1) is 12.4 Å². The van der Waals surface area contributed by atoms with Gasteiger partial charge in [0, 0.05) is 0 Å². The summed E-state index contributed by atoms with van der Waals surface area (Å²) < 4.78 is 0. The first kappa shape index (κ1) is 13.7. The third kappa shape index (κ3) is 4.29. The Morgan fingerprint density at radius 1 is 1.57 bits per heavy atom. The van der Waals surface area contributed by atoms with Gasteiger partial charge in [-0.2, -0.15) is 0 Å². The van der Waals surface area contributed by atoms with Gasteiger partial charge in [-0.1, -0.05) is 13.8 Å². The lowest BCUT2D eigenvalue weighted by molar-refractivity contribution is -0.140. The topological polar surface area (TPSA) is 49.3 Å². The number of halogens is 1. The van der Waals surface area contributed by atoms with E-state index in [1.807, 2.05) is 0 Å². The van der Waals surface area contributed by atoms with Crippen LogP contribution in [0.25, 0.3) is 0 Å². The average molecular weight is 222 g/mol. The number of hydrogen-bond acceptors (Lipinski definition) is 2. The lowest BCUT2D eigenvalue weighted by Gasteiger charge is -2.28. The van der Waals surface area contributed by atoms with Crippen molar-refractivity contribution in [2.45, 2.75) is 39.2 Å². The van der Waals surface area contributed by atoms with E-state index in [4.69, 9.17) is 5.11 Å². The Morgan fingerprint density at radius 2 is 2.21 bits per heavy atom. The highest BCUT2D eigenvalue weighted by atomic mass is 35.5. The van der Waals surface area contributed by atoms with Crippen LogP contribution in [-0.2, 0) is 4.79 Å². The average Bonchev–Trinajstić information content (AvgIpc) is 2.03. The molecule has 0 aromatic heterocycles. The quantitative estimate of drug-likeness (QED) is 0.766. The Morgan fingerprint density at radius 3 is 2.71 bits per heavy atom. The second kappa shape index (κ2) is 6.25. The minimum absolute atomic E-state index is 0. The van der Waals surface area contributed by atoms with Gasteiger partial charge in [0.25, 0.3) is 0 Å². The van der Waals surface area contributed by atoms with Crippen molar-refractivity contribution in [2.75, 3.05) is 6.54 Å². The van der Waals surface area contributed by atoms with Crippen molar-refractivity contribution in [2.24, 2.45) is 11.8 Å². The molecule has 0 spiro atoms. The van der Waals surface area contributed by atoms with Crippen LogP contribution in [0.2, 0.25) is 0 Å². The van der Waals surface area contributed by atoms with Crippen molar-refractivity contribution in [3.8, 4) is 0 Å². The number of rotatable bonds is 3. The number of carboxylic acid groups (broad SMARTS) is 1. The van der Waals surface area contributed by atoms with Gasteiger partial charge in [-0.05, 0) is 37.6 Å². The predicted octanol–water partition coefficient (Wildman–Crippen LogP) is 1.91. The Kier molecular flexibility index (Phi) is 6.12. The molecule has 0 aliphatic carbocycles. The standard InChI is InChI=1S/C10H19NO2.ClH/c1-7(2)5-8-3-4-11-9(6-8)10(12)13;/h7-9,11H,3-6H2,1-2H3,(H,12,13);1H/t8-,9+;/m0./s1. The van der Waals surface area contributed by atoms with Gasteiger partial charge in [0.15, 0.2) is 0 Å². The second-order valence-electron chi connectivity index (χ2n) is 4.36. The number of carboxylic acids is 1. The van der Waals surface area contributed by atoms with Crippen LogP contribution in [-0.4, -0.2) is 23.7 Å². The minimum atomic E-state index is -0.701. The molecular formula is C10H20ClNO2. The lowest BCUT2D eigenvalue weighted by atomic mass is 9.86. The summed E-state index contributed by atoms with van der Waals surface area (Å²) in [5.41, 5.74) is 0. The maximum Gasteiger partial charge on any atom is 0.320 e. The van der Waals surface area contributed by atoms with E-state index in [2.05, 4.69) is 19.2 Å². The minimum Gasteiger partial charge on any atom is -0.480 e. The van der Waals surface area contributed by atoms with E-state index < -0.39 is 5.97 Å². The van der Waals surface area contributed by atoms with Crippen molar-refractivity contribution in [3.63, 3.8) is 0 Å². The molecule has 0 unspecified atom stereocenters. The van der Waals surface area contributed by atoms with Gasteiger partial charge in [0.2, 0.25) is 0 Å². The van der Waals surface area contributed by atoms with Crippen LogP contribution in [0.4, 0.5) is 0 Å². The first-order chi connectivity index (χ1) is 6.09. The smallest absolute Gasteiger partial charge is 0.320 e. The molecule has 2 atom stereocenters. The molecule has 0 aromatic rings. The third-order valence-electron chi connectivity index (χ3n) is 2.62. The zero-order valence-electron chi connectivity index (χ0n) is 8.82. The van der Waals surface area contributed by atoms with Crippen LogP contribution in [0.3, 0.4) is 0 Å². The third-order valence-corrected chi connectivity index (χ3v) is 2.62. The fraction of sp³-hybridized carbons (Fsp3) is 0.900. The monoisotopic (exact) mass is 221 g/mol. The van der Waals surface area contributed by atoms with E-state index in [0.717, 1.165) is 25.8 Å². The summed E-state index contributed by atoms with van der Waals surface area (Å²) in [4.78, 5) is 10.7. The molecule has 1 saturated heterocycles. The molecule has 1 fully saturated rings. The van der Waals surface area contributed by atoms with Crippen molar-refractivity contribution in [3.05, 3.63) is 0 Å². The van der Waals surface area contributed by atoms with Crippen molar-refractivity contribution < 1.29 is 9.90 Å². The first-order valence-electron chi connectivity index (χ1n) is 5.05. The molecule has 0 aromatic carbocycles. The molecule has 1 aliphatic heterocycles. The highest BCUT2D eigenvalue weighted by Crippen LogP contribution is 2.23. The van der Waals surface area contributed by atoms with E-state index in [-0.39, 0.29) is 18.4 Å². The second-order valence-corrected chi connectivity index (χ2v) is 4.36. The van der Waals surface area contributed by atoms with E-state index in [1.165, 1.54) is 0 Å². The van der Waals surface area contributed by atoms with Crippen LogP contribution in [0.1, 0.15) is 33.1 Å². The van der Waals surface area contributed by atoms with E-state index in [1.54, 1.807) is 0 Å². The number of nitrogens with one attached hydrogen (secondary N) is 1. The lowest BCUT2D eigenvalue weighted by Crippen LogP contribution is -2.43. The first-order valence-corrected chi connectivity index (χ1v) is 5.05. The Hall–Kier alpha value is -0.280. The van der Waals surface area contributed by atoms with E-state index in [0.29, 0.717) is 11.8 Å². The van der Waals surface area contributed by atoms with Crippen LogP contribution in [0, 0.1) is 11.8 Å². The summed E-state index contributed by atoms with van der Waals surface area (Å²) in [6.07, 6.45) is 3.08. The highest BCUT2D eigenvalue weighted by Gasteiger charge is 2.26. The number of aliphatic carboxylic acids is 1. The predicted molar refractivity (Wildman–Crippen MR) is 58.9 cm³/mol. The molecule has 14 heavy (non-hydrogen) atoms. The Balaban J connectivity index is 0.00000169. The molecule has 0 bridgehead atoms. The maximum atomic E-state index is 10.7. The van der Waals surface area contributed by atoms with Crippen LogP contribution in [0.5, 0.6) is 0 Å². The van der Waals surface area contributed by atoms with Gasteiger partial charge >= 0.3 is 5.97 Å². The molecule has 0 amide bonds. The highest BCUT2D eigenvalue weighted by molar-refractivity contribution is 5.85. The molecule has 1 aliphatic rings. The molecule has 1 rings (SSSR count). The van der Waals surface area contributed by atoms with E-state index >= 15 is 0 Å². The molecule has 2 N–H and O–H groups in total. The molecule has 0 saturated carbocycles. The molecule has 1 heterocycles. The Labute approximate surface area is 91.7 Å². The summed E-state index contributed by atoms with van der Waals surface area (Å²) in [6.45, 7) is 5.24. The van der Waals surface area contributed by atoms with Gasteiger partial charge in [-0.3, -0.25) is 4.79 Å². The number of carbonyl (C=O) groups is 1. The fourth-order valence-electron chi connectivity index (χ4n) is 2.07. The number of hydrogen-bond donors (Lipinski definition) is 2. The van der Waals surface area contributed by atoms with Crippen LogP contribution in [0.15, 0.2) is 0 Å². The largest absolute Gasteiger partial charge is 0.480 e. The molecule has 4 heteroatoms. The van der Waals surface area contributed by atoms with Gasteiger partial charge in [0.05, 0.1) is 0 Å². The van der Waals surface area contributed by atoms with Crippen LogP contribution >= 0.6 is 12.4 Å². The fourth-order valence-corrected chi connectivity index (χ4v) is 2.07. The van der Waals surface area contributed by atoms with Gasteiger partial charge in [-0.25, -0.2) is 0 Å². The molecule has 0 radical (unpaired) electrons. The summed E-state index contributed by atoms with van der Waals surface area (Å²) in [7, 11) is 0. The van der Waals surface area contributed by atoms with Crippen molar-refractivity contribution >= 4 is 18.4 Å². The Bertz CT molecular complexity index is 185. The zero-order valence-corrected chi connectivity index (χ0v) is 9.64. The molecular weight excluding hydrogens is 202 g/mol. The van der Waals surface area contributed by atoms with Gasteiger partial charge in [0.1, 0.15) is 6.04 Å². The zero-order chi connectivity index (χ0) is 9.84. The van der Waals surface area contributed by atoms with E-state index in [9.17, 15) is 4.79 Å². The summed E-state index contributed by atoms with van der Waals surface area (Å²) >= 11 is 0. The van der Waals surface area contributed by atoms with Crippen LogP contribution < -0.4 is 5.32 Å². The summed E-state index contributed by atoms with van der Waals surface area (Å²) in [6, 6.07) is -0.308. The number of piperidine rings is 1. The maximum absolute atomic E-state index is 10.7. The van der Waals surface area contributed by atoms with Gasteiger partial charge < -0.3 is 10.4 Å². The normalized spacial score (nSPS) is 27.1. The molecule has 3 nitrogen and oxygen atoms in total. The summed E-state index contributed by atoms with van der Waals surface area (Å²) in [5.74, 6) is 0.577. The van der Waals surface area contributed by atoms with Crippen molar-refractivity contribution in [1.29, 1.82) is 0 Å². The summed E-state index contributed by atoms with van der Waals surface area (Å²) in [5, 5.41) is 11.8. The SMILES string of the molecule is CC(C)C[C@@H]1CCN[C@@H](C(=O)O)C1.Cl. The van der Waals surface area contributed by atoms with Crippen molar-refractivity contribution in [1.82, 2.24) is 5.32 Å².